The first-order valence-corrected chi connectivity index (χ1v) is 11.4. The van der Waals surface area contributed by atoms with Gasteiger partial charge in [-0.3, -0.25) is 19.1 Å². The minimum atomic E-state index is -0.668. The van der Waals surface area contributed by atoms with E-state index < -0.39 is 11.2 Å². The Bertz CT molecular complexity index is 1230. The third-order valence-corrected chi connectivity index (χ3v) is 5.71. The molecule has 0 aliphatic heterocycles. The summed E-state index contributed by atoms with van der Waals surface area (Å²) in [6.07, 6.45) is 1.46. The first-order chi connectivity index (χ1) is 15.2. The molecule has 170 valence electrons. The molecular formula is C22H28N6O3S. The molecule has 3 N–H and O–H groups in total. The Kier molecular flexibility index (Phi) is 7.34. The average molecular weight is 457 g/mol. The summed E-state index contributed by atoms with van der Waals surface area (Å²) in [5.74, 6) is -0.0365. The Morgan fingerprint density at radius 1 is 1.16 bits per heavy atom. The van der Waals surface area contributed by atoms with Crippen molar-refractivity contribution in [1.82, 2.24) is 19.5 Å². The van der Waals surface area contributed by atoms with Crippen LogP contribution in [-0.4, -0.2) is 37.7 Å². The molecule has 3 rings (SSSR count). The fourth-order valence-electron chi connectivity index (χ4n) is 3.37. The number of para-hydroxylation sites is 1. The maximum Gasteiger partial charge on any atom is 0.330 e. The van der Waals surface area contributed by atoms with Crippen molar-refractivity contribution in [1.29, 1.82) is 0 Å². The lowest BCUT2D eigenvalue weighted by atomic mass is 10.2. The monoisotopic (exact) mass is 456 g/mol. The van der Waals surface area contributed by atoms with Crippen LogP contribution in [-0.2, 0) is 11.3 Å². The Morgan fingerprint density at radius 3 is 2.56 bits per heavy atom. The van der Waals surface area contributed by atoms with Gasteiger partial charge >= 0.3 is 5.69 Å². The zero-order valence-electron chi connectivity index (χ0n) is 18.7. The summed E-state index contributed by atoms with van der Waals surface area (Å²) in [6, 6.07) is 7.56. The van der Waals surface area contributed by atoms with E-state index in [4.69, 9.17) is 5.73 Å². The normalized spacial score (nSPS) is 11.4. The summed E-state index contributed by atoms with van der Waals surface area (Å²) >= 11 is 1.27. The third kappa shape index (κ3) is 5.18. The second-order valence-corrected chi connectivity index (χ2v) is 9.34. The molecule has 2 aromatic heterocycles. The van der Waals surface area contributed by atoms with Crippen molar-refractivity contribution in [3.63, 3.8) is 0 Å². The van der Waals surface area contributed by atoms with Crippen LogP contribution in [0.5, 0.6) is 0 Å². The van der Waals surface area contributed by atoms with Crippen molar-refractivity contribution in [2.45, 2.75) is 39.3 Å². The number of carbonyl (C=O) groups is 1. The van der Waals surface area contributed by atoms with Gasteiger partial charge in [0.2, 0.25) is 5.91 Å². The molecule has 0 aliphatic rings. The molecule has 0 fully saturated rings. The van der Waals surface area contributed by atoms with E-state index in [9.17, 15) is 14.4 Å². The predicted molar refractivity (Wildman–Crippen MR) is 128 cm³/mol. The Labute approximate surface area is 190 Å². The number of rotatable bonds is 8. The van der Waals surface area contributed by atoms with E-state index in [1.165, 1.54) is 27.6 Å². The SMILES string of the molecule is CC(C)CN(C(=O)CSc1ncnc2ccccc12)c1c(N)n(CC(C)C)c(=O)[nH]c1=O. The van der Waals surface area contributed by atoms with Gasteiger partial charge in [0.05, 0.1) is 11.3 Å². The maximum absolute atomic E-state index is 13.3. The minimum absolute atomic E-state index is 0.000985. The number of aromatic nitrogens is 4. The van der Waals surface area contributed by atoms with Crippen LogP contribution in [0.3, 0.4) is 0 Å². The summed E-state index contributed by atoms with van der Waals surface area (Å²) < 4.78 is 1.31. The number of thioether (sulfide) groups is 1. The molecule has 1 amide bonds. The highest BCUT2D eigenvalue weighted by Gasteiger charge is 2.25. The second-order valence-electron chi connectivity index (χ2n) is 8.38. The van der Waals surface area contributed by atoms with Crippen molar-refractivity contribution >= 4 is 40.1 Å². The number of anilines is 2. The molecule has 0 saturated heterocycles. The highest BCUT2D eigenvalue weighted by molar-refractivity contribution is 8.00. The second kappa shape index (κ2) is 9.99. The van der Waals surface area contributed by atoms with Crippen LogP contribution in [0.15, 0.2) is 45.2 Å². The van der Waals surface area contributed by atoms with Gasteiger partial charge in [0.25, 0.3) is 5.56 Å². The van der Waals surface area contributed by atoms with Crippen LogP contribution in [0, 0.1) is 11.8 Å². The fourth-order valence-corrected chi connectivity index (χ4v) is 4.24. The van der Waals surface area contributed by atoms with E-state index in [1.54, 1.807) is 0 Å². The molecule has 0 radical (unpaired) electrons. The van der Waals surface area contributed by atoms with Crippen LogP contribution in [0.4, 0.5) is 11.5 Å². The van der Waals surface area contributed by atoms with E-state index in [-0.39, 0.29) is 41.5 Å². The van der Waals surface area contributed by atoms with Gasteiger partial charge in [0, 0.05) is 18.5 Å². The molecule has 0 spiro atoms. The number of nitrogen functional groups attached to an aromatic ring is 1. The van der Waals surface area contributed by atoms with Crippen molar-refractivity contribution in [2.75, 3.05) is 22.9 Å². The largest absolute Gasteiger partial charge is 0.383 e. The lowest BCUT2D eigenvalue weighted by Crippen LogP contribution is -2.43. The lowest BCUT2D eigenvalue weighted by molar-refractivity contribution is -0.116. The summed E-state index contributed by atoms with van der Waals surface area (Å²) in [7, 11) is 0. The number of hydrogen-bond donors (Lipinski definition) is 2. The highest BCUT2D eigenvalue weighted by Crippen LogP contribution is 2.26. The minimum Gasteiger partial charge on any atom is -0.383 e. The standard InChI is InChI=1S/C22H28N6O3S/c1-13(2)9-27(18-19(23)28(10-14(3)4)22(31)26-20(18)30)17(29)11-32-21-15-7-5-6-8-16(15)24-12-25-21/h5-8,12-14H,9-11,23H2,1-4H3,(H,26,30,31). The number of nitrogens with two attached hydrogens (primary N) is 1. The highest BCUT2D eigenvalue weighted by atomic mass is 32.2. The number of fused-ring (bicyclic) bond motifs is 1. The molecule has 0 saturated carbocycles. The Balaban J connectivity index is 1.95. The van der Waals surface area contributed by atoms with Crippen molar-refractivity contribution < 1.29 is 4.79 Å². The van der Waals surface area contributed by atoms with Crippen molar-refractivity contribution in [2.24, 2.45) is 11.8 Å². The summed E-state index contributed by atoms with van der Waals surface area (Å²) in [5, 5.41) is 1.53. The van der Waals surface area contributed by atoms with Crippen molar-refractivity contribution in [3.8, 4) is 0 Å². The van der Waals surface area contributed by atoms with Gasteiger partial charge < -0.3 is 10.6 Å². The average Bonchev–Trinajstić information content (AvgIpc) is 2.73. The van der Waals surface area contributed by atoms with Crippen LogP contribution in [0.1, 0.15) is 27.7 Å². The Hall–Kier alpha value is -3.14. The van der Waals surface area contributed by atoms with Gasteiger partial charge in [0.15, 0.2) is 5.69 Å². The number of carbonyl (C=O) groups excluding carboxylic acids is 1. The fraction of sp³-hybridized carbons (Fsp3) is 0.409. The molecule has 32 heavy (non-hydrogen) atoms. The van der Waals surface area contributed by atoms with E-state index in [0.717, 1.165) is 10.9 Å². The van der Waals surface area contributed by atoms with E-state index >= 15 is 0 Å². The molecule has 0 unspecified atom stereocenters. The number of amides is 1. The van der Waals surface area contributed by atoms with Gasteiger partial charge in [-0.1, -0.05) is 57.7 Å². The number of hydrogen-bond acceptors (Lipinski definition) is 7. The molecule has 9 nitrogen and oxygen atoms in total. The predicted octanol–water partition coefficient (Wildman–Crippen LogP) is 2.50. The van der Waals surface area contributed by atoms with Gasteiger partial charge in [-0.05, 0) is 17.9 Å². The van der Waals surface area contributed by atoms with Crippen LogP contribution in [0.25, 0.3) is 10.9 Å². The Morgan fingerprint density at radius 2 is 1.88 bits per heavy atom. The van der Waals surface area contributed by atoms with Gasteiger partial charge in [-0.25, -0.2) is 14.8 Å². The first-order valence-electron chi connectivity index (χ1n) is 10.4. The van der Waals surface area contributed by atoms with Crippen LogP contribution in [0.2, 0.25) is 0 Å². The van der Waals surface area contributed by atoms with Crippen LogP contribution >= 0.6 is 11.8 Å². The number of aromatic amines is 1. The van der Waals surface area contributed by atoms with Gasteiger partial charge in [-0.2, -0.15) is 0 Å². The molecular weight excluding hydrogens is 428 g/mol. The molecule has 10 heteroatoms. The zero-order valence-corrected chi connectivity index (χ0v) is 19.5. The van der Waals surface area contributed by atoms with Gasteiger partial charge in [0.1, 0.15) is 17.2 Å². The van der Waals surface area contributed by atoms with Crippen molar-refractivity contribution in [3.05, 3.63) is 51.4 Å². The van der Waals surface area contributed by atoms with Crippen LogP contribution < -0.4 is 21.9 Å². The molecule has 0 atom stereocenters. The topological polar surface area (TPSA) is 127 Å². The molecule has 2 heterocycles. The van der Waals surface area contributed by atoms with Gasteiger partial charge in [-0.15, -0.1) is 0 Å². The molecule has 0 bridgehead atoms. The smallest absolute Gasteiger partial charge is 0.330 e. The number of nitrogens with zero attached hydrogens (tertiary/aromatic N) is 4. The van der Waals surface area contributed by atoms with E-state index in [1.807, 2.05) is 52.0 Å². The zero-order chi connectivity index (χ0) is 23.4. The third-order valence-electron chi connectivity index (χ3n) is 4.72. The molecule has 1 aromatic carbocycles. The van der Waals surface area contributed by atoms with E-state index in [0.29, 0.717) is 11.6 Å². The first kappa shape index (κ1) is 23.5. The van der Waals surface area contributed by atoms with E-state index in [2.05, 4.69) is 15.0 Å². The number of nitrogens with one attached hydrogen (secondary N) is 1. The summed E-state index contributed by atoms with van der Waals surface area (Å²) in [6.45, 7) is 8.39. The molecule has 0 aliphatic carbocycles. The number of benzene rings is 1. The summed E-state index contributed by atoms with van der Waals surface area (Å²) in [4.78, 5) is 50.5. The molecule has 3 aromatic rings. The summed E-state index contributed by atoms with van der Waals surface area (Å²) in [5.41, 5.74) is 5.80. The maximum atomic E-state index is 13.3. The lowest BCUT2D eigenvalue weighted by Gasteiger charge is -2.26. The number of H-pyrrole nitrogens is 1. The quantitative estimate of drug-likeness (QED) is 0.394.